The molecule has 1 amide bonds. The molecular weight excluding hydrogens is 336 g/mol. The highest BCUT2D eigenvalue weighted by molar-refractivity contribution is 7.16. The van der Waals surface area contributed by atoms with Crippen LogP contribution < -0.4 is 14.8 Å². The van der Waals surface area contributed by atoms with Gasteiger partial charge in [0.25, 0.3) is 5.91 Å². The summed E-state index contributed by atoms with van der Waals surface area (Å²) in [5.74, 6) is 1.18. The minimum Gasteiger partial charge on any atom is -0.493 e. The van der Waals surface area contributed by atoms with E-state index in [1.54, 1.807) is 18.2 Å². The van der Waals surface area contributed by atoms with E-state index >= 15 is 0 Å². The second-order valence-electron chi connectivity index (χ2n) is 6.16. The van der Waals surface area contributed by atoms with Crippen LogP contribution in [0.2, 0.25) is 0 Å². The highest BCUT2D eigenvalue weighted by Crippen LogP contribution is 2.40. The molecule has 0 fully saturated rings. The van der Waals surface area contributed by atoms with E-state index in [1.807, 2.05) is 0 Å². The smallest absolute Gasteiger partial charge is 0.260 e. The van der Waals surface area contributed by atoms with Crippen LogP contribution in [-0.4, -0.2) is 20.1 Å². The van der Waals surface area contributed by atoms with Crippen molar-refractivity contribution < 1.29 is 14.3 Å². The number of nitrogens with zero attached hydrogens (tertiary/aromatic N) is 1. The number of anilines is 1. The number of benzene rings is 1. The van der Waals surface area contributed by atoms with Gasteiger partial charge in [0.15, 0.2) is 11.5 Å². The molecule has 0 aliphatic heterocycles. The molecule has 1 aliphatic carbocycles. The van der Waals surface area contributed by atoms with Crippen molar-refractivity contribution in [1.29, 1.82) is 5.26 Å². The van der Waals surface area contributed by atoms with Crippen molar-refractivity contribution in [2.45, 2.75) is 26.2 Å². The maximum absolute atomic E-state index is 12.8. The van der Waals surface area contributed by atoms with E-state index in [0.29, 0.717) is 33.5 Å². The zero-order valence-corrected chi connectivity index (χ0v) is 15.3. The quantitative estimate of drug-likeness (QED) is 0.898. The number of nitriles is 1. The number of rotatable bonds is 4. The van der Waals surface area contributed by atoms with Gasteiger partial charge in [-0.3, -0.25) is 4.79 Å². The predicted molar refractivity (Wildman–Crippen MR) is 97.7 cm³/mol. The van der Waals surface area contributed by atoms with Crippen LogP contribution >= 0.6 is 11.3 Å². The van der Waals surface area contributed by atoms with Crippen LogP contribution in [0.3, 0.4) is 0 Å². The van der Waals surface area contributed by atoms with Crippen LogP contribution in [0.25, 0.3) is 0 Å². The summed E-state index contributed by atoms with van der Waals surface area (Å²) in [6, 6.07) is 7.42. The van der Waals surface area contributed by atoms with Gasteiger partial charge in [-0.1, -0.05) is 13.0 Å². The lowest BCUT2D eigenvalue weighted by atomic mass is 9.88. The zero-order valence-electron chi connectivity index (χ0n) is 14.5. The first kappa shape index (κ1) is 17.3. The standard InChI is InChI=1S/C19H20N2O3S/c1-11-7-8-12-14(10-20)19(25-16(12)9-11)21-18(22)13-5-4-6-15(23-2)17(13)24-3/h4-6,11H,7-9H2,1-3H3,(H,21,22)/t11-/m0/s1. The topological polar surface area (TPSA) is 71.3 Å². The Morgan fingerprint density at radius 2 is 2.16 bits per heavy atom. The summed E-state index contributed by atoms with van der Waals surface area (Å²) in [6.45, 7) is 2.22. The van der Waals surface area contributed by atoms with E-state index in [2.05, 4.69) is 18.3 Å². The molecule has 0 unspecified atom stereocenters. The molecule has 1 aromatic heterocycles. The van der Waals surface area contributed by atoms with Gasteiger partial charge in [-0.2, -0.15) is 5.26 Å². The van der Waals surface area contributed by atoms with E-state index in [0.717, 1.165) is 24.8 Å². The first-order valence-electron chi connectivity index (χ1n) is 8.16. The largest absolute Gasteiger partial charge is 0.493 e. The number of fused-ring (bicyclic) bond motifs is 1. The Kier molecular flexibility index (Phi) is 4.95. The molecule has 0 spiro atoms. The Hall–Kier alpha value is -2.52. The average molecular weight is 356 g/mol. The summed E-state index contributed by atoms with van der Waals surface area (Å²) in [7, 11) is 3.03. The third kappa shape index (κ3) is 3.20. The third-order valence-corrected chi connectivity index (χ3v) is 5.67. The fourth-order valence-corrected chi connectivity index (χ4v) is 4.55. The second-order valence-corrected chi connectivity index (χ2v) is 7.27. The Morgan fingerprint density at radius 3 is 2.84 bits per heavy atom. The van der Waals surface area contributed by atoms with Crippen molar-refractivity contribution in [3.63, 3.8) is 0 Å². The van der Waals surface area contributed by atoms with Gasteiger partial charge >= 0.3 is 0 Å². The number of methoxy groups -OCH3 is 2. The van der Waals surface area contributed by atoms with Crippen molar-refractivity contribution in [1.82, 2.24) is 0 Å². The summed E-state index contributed by atoms with van der Waals surface area (Å²) in [4.78, 5) is 14.0. The van der Waals surface area contributed by atoms with Crippen molar-refractivity contribution in [3.05, 3.63) is 39.8 Å². The molecule has 130 valence electrons. The Morgan fingerprint density at radius 1 is 1.36 bits per heavy atom. The first-order chi connectivity index (χ1) is 12.1. The molecule has 6 heteroatoms. The van der Waals surface area contributed by atoms with Crippen LogP contribution in [-0.2, 0) is 12.8 Å². The van der Waals surface area contributed by atoms with E-state index in [9.17, 15) is 10.1 Å². The second kappa shape index (κ2) is 7.16. The highest BCUT2D eigenvalue weighted by atomic mass is 32.1. The molecule has 1 N–H and O–H groups in total. The minimum absolute atomic E-state index is 0.307. The number of nitrogens with one attached hydrogen (secondary N) is 1. The van der Waals surface area contributed by atoms with Gasteiger partial charge in [-0.15, -0.1) is 11.3 Å². The maximum Gasteiger partial charge on any atom is 0.260 e. The minimum atomic E-state index is -0.307. The number of thiophene rings is 1. The van der Waals surface area contributed by atoms with Crippen molar-refractivity contribution >= 4 is 22.2 Å². The van der Waals surface area contributed by atoms with E-state index in [-0.39, 0.29) is 5.91 Å². The fraction of sp³-hybridized carbons (Fsp3) is 0.368. The number of para-hydroxylation sites is 1. The molecule has 5 nitrogen and oxygen atoms in total. The summed E-state index contributed by atoms with van der Waals surface area (Å²) in [5.41, 5.74) is 2.08. The maximum atomic E-state index is 12.8. The Balaban J connectivity index is 1.94. The molecule has 0 saturated carbocycles. The predicted octanol–water partition coefficient (Wildman–Crippen LogP) is 4.01. The van der Waals surface area contributed by atoms with E-state index < -0.39 is 0 Å². The number of hydrogen-bond donors (Lipinski definition) is 1. The normalized spacial score (nSPS) is 15.8. The van der Waals surface area contributed by atoms with Crippen LogP contribution in [0.4, 0.5) is 5.00 Å². The first-order valence-corrected chi connectivity index (χ1v) is 8.97. The van der Waals surface area contributed by atoms with Gasteiger partial charge in [-0.25, -0.2) is 0 Å². The molecule has 1 atom stereocenters. The summed E-state index contributed by atoms with van der Waals surface area (Å²) in [6.07, 6.45) is 2.94. The highest BCUT2D eigenvalue weighted by Gasteiger charge is 2.25. The molecule has 1 heterocycles. The SMILES string of the molecule is COc1cccc(C(=O)Nc2sc3c(c2C#N)CC[C@H](C)C3)c1OC. The zero-order chi connectivity index (χ0) is 18.0. The molecule has 0 saturated heterocycles. The summed E-state index contributed by atoms with van der Waals surface area (Å²) >= 11 is 1.51. The van der Waals surface area contributed by atoms with Crippen molar-refractivity contribution in [2.75, 3.05) is 19.5 Å². The third-order valence-electron chi connectivity index (χ3n) is 4.50. The Bertz CT molecular complexity index is 851. The summed E-state index contributed by atoms with van der Waals surface area (Å²) < 4.78 is 10.6. The summed E-state index contributed by atoms with van der Waals surface area (Å²) in [5, 5.41) is 13.1. The molecule has 1 aliphatic rings. The molecular formula is C19H20N2O3S. The van der Waals surface area contributed by atoms with Crippen LogP contribution in [0.15, 0.2) is 18.2 Å². The molecule has 3 rings (SSSR count). The van der Waals surface area contributed by atoms with Gasteiger partial charge in [0, 0.05) is 4.88 Å². The van der Waals surface area contributed by atoms with E-state index in [4.69, 9.17) is 9.47 Å². The molecule has 25 heavy (non-hydrogen) atoms. The number of carbonyl (C=O) groups excluding carboxylic acids is 1. The number of carbonyl (C=O) groups is 1. The van der Waals surface area contributed by atoms with Gasteiger partial charge in [0.05, 0.1) is 25.3 Å². The number of ether oxygens (including phenoxy) is 2. The lowest BCUT2D eigenvalue weighted by Crippen LogP contribution is -2.13. The van der Waals surface area contributed by atoms with E-state index in [1.165, 1.54) is 30.4 Å². The molecule has 0 radical (unpaired) electrons. The van der Waals surface area contributed by atoms with Gasteiger partial charge < -0.3 is 14.8 Å². The van der Waals surface area contributed by atoms with Gasteiger partial charge in [0.2, 0.25) is 0 Å². The fourth-order valence-electron chi connectivity index (χ4n) is 3.19. The lowest BCUT2D eigenvalue weighted by Gasteiger charge is -2.17. The lowest BCUT2D eigenvalue weighted by molar-refractivity contribution is 0.102. The van der Waals surface area contributed by atoms with Crippen molar-refractivity contribution in [2.24, 2.45) is 5.92 Å². The molecule has 1 aromatic carbocycles. The van der Waals surface area contributed by atoms with Crippen LogP contribution in [0, 0.1) is 17.2 Å². The van der Waals surface area contributed by atoms with Crippen LogP contribution in [0.5, 0.6) is 11.5 Å². The average Bonchev–Trinajstić information content (AvgIpc) is 2.96. The van der Waals surface area contributed by atoms with Crippen LogP contribution in [0.1, 0.15) is 39.7 Å². The Labute approximate surface area is 151 Å². The number of amides is 1. The van der Waals surface area contributed by atoms with Gasteiger partial charge in [0.1, 0.15) is 11.1 Å². The number of hydrogen-bond acceptors (Lipinski definition) is 5. The van der Waals surface area contributed by atoms with Crippen molar-refractivity contribution in [3.8, 4) is 17.6 Å². The van der Waals surface area contributed by atoms with Gasteiger partial charge in [-0.05, 0) is 42.9 Å². The molecule has 2 aromatic rings. The monoisotopic (exact) mass is 356 g/mol. The molecule has 0 bridgehead atoms.